The Hall–Kier alpha value is -1.47. The molecule has 0 aliphatic heterocycles. The van der Waals surface area contributed by atoms with Crippen LogP contribution in [0.25, 0.3) is 4.96 Å². The molecule has 6 nitrogen and oxygen atoms in total. The number of hydrogen-bond donors (Lipinski definition) is 1. The van der Waals surface area contributed by atoms with E-state index < -0.39 is 0 Å². The van der Waals surface area contributed by atoms with Crippen LogP contribution in [0.2, 0.25) is 0 Å². The highest BCUT2D eigenvalue weighted by Crippen LogP contribution is 2.21. The molecule has 0 saturated carbocycles. The van der Waals surface area contributed by atoms with Gasteiger partial charge in [0.05, 0.1) is 5.69 Å². The summed E-state index contributed by atoms with van der Waals surface area (Å²) in [6.45, 7) is 8.00. The maximum Gasteiger partial charge on any atom is 0.250 e. The summed E-state index contributed by atoms with van der Waals surface area (Å²) in [6, 6.07) is 0. The number of carbonyl (C=O) groups is 1. The van der Waals surface area contributed by atoms with Gasteiger partial charge in [-0.3, -0.25) is 10.1 Å². The zero-order chi connectivity index (χ0) is 15.4. The van der Waals surface area contributed by atoms with Crippen LogP contribution in [0.5, 0.6) is 0 Å². The molecule has 0 atom stereocenters. The van der Waals surface area contributed by atoms with Crippen molar-refractivity contribution in [3.63, 3.8) is 0 Å². The number of anilines is 1. The minimum atomic E-state index is -0.0361. The molecule has 116 valence electrons. The van der Waals surface area contributed by atoms with Crippen LogP contribution in [-0.4, -0.2) is 45.5 Å². The third-order valence-electron chi connectivity index (χ3n) is 3.51. The summed E-state index contributed by atoms with van der Waals surface area (Å²) < 4.78 is 1.78. The monoisotopic (exact) mass is 309 g/mol. The van der Waals surface area contributed by atoms with E-state index in [9.17, 15) is 4.79 Å². The highest BCUT2D eigenvalue weighted by atomic mass is 32.1. The van der Waals surface area contributed by atoms with E-state index >= 15 is 0 Å². The van der Waals surface area contributed by atoms with Crippen molar-refractivity contribution in [1.82, 2.24) is 19.5 Å². The Labute approximate surface area is 129 Å². The van der Waals surface area contributed by atoms with Gasteiger partial charge < -0.3 is 4.90 Å². The van der Waals surface area contributed by atoms with Gasteiger partial charge in [-0.15, -0.1) is 5.10 Å². The number of aromatic nitrogens is 3. The van der Waals surface area contributed by atoms with Crippen molar-refractivity contribution in [2.45, 2.75) is 40.0 Å². The average Bonchev–Trinajstić information content (AvgIpc) is 2.94. The van der Waals surface area contributed by atoms with Crippen molar-refractivity contribution in [3.8, 4) is 0 Å². The van der Waals surface area contributed by atoms with Gasteiger partial charge in [0.2, 0.25) is 16.8 Å². The summed E-state index contributed by atoms with van der Waals surface area (Å²) in [4.78, 5) is 20.4. The van der Waals surface area contributed by atoms with Crippen molar-refractivity contribution >= 4 is 28.2 Å². The minimum Gasteiger partial charge on any atom is -0.306 e. The molecule has 0 aliphatic carbocycles. The van der Waals surface area contributed by atoms with Crippen LogP contribution < -0.4 is 5.32 Å². The second-order valence-electron chi connectivity index (χ2n) is 5.33. The summed E-state index contributed by atoms with van der Waals surface area (Å²) >= 11 is 1.58. The molecule has 7 heteroatoms. The molecule has 2 heterocycles. The van der Waals surface area contributed by atoms with Gasteiger partial charge in [-0.05, 0) is 33.9 Å². The Morgan fingerprint density at radius 3 is 2.81 bits per heavy atom. The molecular weight excluding hydrogens is 286 g/mol. The van der Waals surface area contributed by atoms with Gasteiger partial charge in [-0.1, -0.05) is 24.7 Å². The molecule has 1 N–H and O–H groups in total. The van der Waals surface area contributed by atoms with Crippen LogP contribution in [0.15, 0.2) is 0 Å². The van der Waals surface area contributed by atoms with E-state index in [1.165, 1.54) is 11.3 Å². The maximum absolute atomic E-state index is 11.9. The van der Waals surface area contributed by atoms with Crippen LogP contribution in [-0.2, 0) is 4.79 Å². The second kappa shape index (κ2) is 7.00. The van der Waals surface area contributed by atoms with E-state index in [1.54, 1.807) is 15.9 Å². The number of rotatable bonds is 7. The molecule has 0 aromatic carbocycles. The molecule has 2 aromatic rings. The lowest BCUT2D eigenvalue weighted by Crippen LogP contribution is -2.25. The topological polar surface area (TPSA) is 62.5 Å². The van der Waals surface area contributed by atoms with Crippen molar-refractivity contribution in [2.24, 2.45) is 0 Å². The summed E-state index contributed by atoms with van der Waals surface area (Å²) in [5, 5.41) is 7.09. The number of unbranched alkanes of at least 4 members (excludes halogenated alkanes) is 1. The zero-order valence-electron chi connectivity index (χ0n) is 13.1. The fourth-order valence-electron chi connectivity index (χ4n) is 2.01. The molecule has 0 aliphatic rings. The highest BCUT2D eigenvalue weighted by Gasteiger charge is 2.12. The van der Waals surface area contributed by atoms with E-state index in [-0.39, 0.29) is 5.91 Å². The van der Waals surface area contributed by atoms with Gasteiger partial charge in [0.1, 0.15) is 0 Å². The first-order valence-corrected chi connectivity index (χ1v) is 8.14. The third-order valence-corrected chi connectivity index (χ3v) is 4.56. The van der Waals surface area contributed by atoms with E-state index in [2.05, 4.69) is 27.2 Å². The van der Waals surface area contributed by atoms with Gasteiger partial charge in [-0.2, -0.15) is 4.98 Å². The lowest BCUT2D eigenvalue weighted by Gasteiger charge is -2.15. The predicted octanol–water partition coefficient (Wildman–Crippen LogP) is 2.47. The average molecular weight is 309 g/mol. The number of amides is 1. The fourth-order valence-corrected chi connectivity index (χ4v) is 2.92. The van der Waals surface area contributed by atoms with Crippen LogP contribution in [0, 0.1) is 13.8 Å². The molecule has 0 radical (unpaired) electrons. The Bertz CT molecular complexity index is 618. The number of thiazole rings is 1. The molecule has 2 rings (SSSR count). The largest absolute Gasteiger partial charge is 0.306 e. The number of nitrogens with zero attached hydrogens (tertiary/aromatic N) is 4. The SMILES string of the molecule is CCCCN(C)CCC(=O)Nc1nc2sc(C)c(C)n2n1. The van der Waals surface area contributed by atoms with Gasteiger partial charge in [0, 0.05) is 17.8 Å². The smallest absolute Gasteiger partial charge is 0.250 e. The Kier molecular flexibility index (Phi) is 5.30. The Morgan fingerprint density at radius 2 is 2.14 bits per heavy atom. The molecule has 0 fully saturated rings. The van der Waals surface area contributed by atoms with Gasteiger partial charge in [-0.25, -0.2) is 4.52 Å². The predicted molar refractivity (Wildman–Crippen MR) is 86.0 cm³/mol. The molecule has 0 saturated heterocycles. The van der Waals surface area contributed by atoms with Crippen LogP contribution in [0.4, 0.5) is 5.95 Å². The van der Waals surface area contributed by atoms with Crippen molar-refractivity contribution in [2.75, 3.05) is 25.5 Å². The van der Waals surface area contributed by atoms with Gasteiger partial charge in [0.25, 0.3) is 0 Å². The van der Waals surface area contributed by atoms with E-state index in [1.807, 2.05) is 20.9 Å². The van der Waals surface area contributed by atoms with Gasteiger partial charge in [0.15, 0.2) is 0 Å². The normalized spacial score (nSPS) is 11.5. The molecule has 0 bridgehead atoms. The lowest BCUT2D eigenvalue weighted by molar-refractivity contribution is -0.116. The minimum absolute atomic E-state index is 0.0361. The quantitative estimate of drug-likeness (QED) is 0.853. The van der Waals surface area contributed by atoms with Crippen LogP contribution >= 0.6 is 11.3 Å². The summed E-state index contributed by atoms with van der Waals surface area (Å²) in [6.07, 6.45) is 2.80. The van der Waals surface area contributed by atoms with Crippen LogP contribution in [0.1, 0.15) is 36.8 Å². The molecule has 0 unspecified atom stereocenters. The molecule has 1 amide bonds. The molecule has 2 aromatic heterocycles. The zero-order valence-corrected chi connectivity index (χ0v) is 14.0. The number of carbonyl (C=O) groups excluding carboxylic acids is 1. The number of fused-ring (bicyclic) bond motifs is 1. The second-order valence-corrected chi connectivity index (χ2v) is 6.51. The maximum atomic E-state index is 11.9. The summed E-state index contributed by atoms with van der Waals surface area (Å²) in [5.41, 5.74) is 1.07. The first-order chi connectivity index (χ1) is 10.0. The number of hydrogen-bond acceptors (Lipinski definition) is 5. The van der Waals surface area contributed by atoms with Crippen molar-refractivity contribution in [1.29, 1.82) is 0 Å². The summed E-state index contributed by atoms with van der Waals surface area (Å²) in [5.74, 6) is 0.358. The summed E-state index contributed by atoms with van der Waals surface area (Å²) in [7, 11) is 2.04. The Balaban J connectivity index is 1.86. The highest BCUT2D eigenvalue weighted by molar-refractivity contribution is 7.17. The van der Waals surface area contributed by atoms with Crippen LogP contribution in [0.3, 0.4) is 0 Å². The van der Waals surface area contributed by atoms with Gasteiger partial charge >= 0.3 is 0 Å². The molecule has 21 heavy (non-hydrogen) atoms. The van der Waals surface area contributed by atoms with E-state index in [0.29, 0.717) is 12.4 Å². The van der Waals surface area contributed by atoms with E-state index in [0.717, 1.165) is 30.2 Å². The molecule has 0 spiro atoms. The standard InChI is InChI=1S/C14H23N5OS/c1-5-6-8-18(4)9-7-12(20)15-13-16-14-19(17-13)10(2)11(3)21-14/h5-9H2,1-4H3,(H,15,17,20). The number of nitrogens with one attached hydrogen (secondary N) is 1. The Morgan fingerprint density at radius 1 is 1.38 bits per heavy atom. The lowest BCUT2D eigenvalue weighted by atomic mass is 10.3. The van der Waals surface area contributed by atoms with Crippen molar-refractivity contribution in [3.05, 3.63) is 10.6 Å². The first-order valence-electron chi connectivity index (χ1n) is 7.32. The molecular formula is C14H23N5OS. The number of aryl methyl sites for hydroxylation is 2. The first kappa shape index (κ1) is 15.9. The van der Waals surface area contributed by atoms with Crippen molar-refractivity contribution < 1.29 is 4.79 Å². The third kappa shape index (κ3) is 4.01. The fraction of sp³-hybridized carbons (Fsp3) is 0.643. The van der Waals surface area contributed by atoms with E-state index in [4.69, 9.17) is 0 Å².